The number of esters is 1. The van der Waals surface area contributed by atoms with Crippen LogP contribution in [0, 0.1) is 23.0 Å². The quantitative estimate of drug-likeness (QED) is 0.188. The van der Waals surface area contributed by atoms with Gasteiger partial charge in [-0.15, -0.1) is 0 Å². The lowest BCUT2D eigenvalue weighted by atomic mass is 9.75. The van der Waals surface area contributed by atoms with Gasteiger partial charge in [0.05, 0.1) is 28.9 Å². The molecule has 3 heterocycles. The standard InChI is InChI=1S/C39H44F2N4O3S2/c1-24(36(46)48-6)19-25-9-7-10-26(20-25)39(4)16-8-15-38(2,3)23-50(47)18-14-29-28-13-17-42-33(28)22-32(41)34(29)49-27-11-12-31(40)30(21-27)35-43-37(39)44-45(35)5/h7,9-13,17,20-22,24,42H,8,14-16,18-19,23H2,1-6H3/t24?,39-,50?/m1/s1. The summed E-state index contributed by atoms with van der Waals surface area (Å²) >= 11 is 1.24. The first-order chi connectivity index (χ1) is 23.8. The Hall–Kier alpha value is -3.83. The number of carbonyl (C=O) groups is 1. The van der Waals surface area contributed by atoms with Gasteiger partial charge in [0.25, 0.3) is 0 Å². The van der Waals surface area contributed by atoms with Crippen molar-refractivity contribution in [1.29, 1.82) is 0 Å². The summed E-state index contributed by atoms with van der Waals surface area (Å²) in [5.41, 5.74) is 2.86. The Morgan fingerprint density at radius 2 is 1.90 bits per heavy atom. The van der Waals surface area contributed by atoms with Crippen LogP contribution in [-0.4, -0.2) is 48.5 Å². The number of benzene rings is 3. The van der Waals surface area contributed by atoms with Crippen LogP contribution in [0.15, 0.2) is 70.6 Å². The van der Waals surface area contributed by atoms with Gasteiger partial charge >= 0.3 is 5.97 Å². The number of fused-ring (bicyclic) bond motifs is 8. The number of aryl methyl sites for hydroxylation is 2. The van der Waals surface area contributed by atoms with Gasteiger partial charge in [0.15, 0.2) is 11.6 Å². The third-order valence-electron chi connectivity index (χ3n) is 9.89. The Kier molecular flexibility index (Phi) is 10.4. The fourth-order valence-electron chi connectivity index (χ4n) is 7.07. The summed E-state index contributed by atoms with van der Waals surface area (Å²) in [6.45, 7) is 8.26. The number of hydrogen-bond acceptors (Lipinski definition) is 6. The molecule has 50 heavy (non-hydrogen) atoms. The van der Waals surface area contributed by atoms with E-state index >= 15 is 8.78 Å². The first kappa shape index (κ1) is 36.0. The summed E-state index contributed by atoms with van der Waals surface area (Å²) in [5, 5.41) is 5.79. The number of aromatic amines is 1. The van der Waals surface area contributed by atoms with Crippen LogP contribution in [0.25, 0.3) is 22.3 Å². The average molecular weight is 719 g/mol. The summed E-state index contributed by atoms with van der Waals surface area (Å²) in [4.78, 5) is 21.4. The van der Waals surface area contributed by atoms with Crippen molar-refractivity contribution in [3.63, 3.8) is 0 Å². The second kappa shape index (κ2) is 14.4. The third kappa shape index (κ3) is 7.44. The molecular weight excluding hydrogens is 675 g/mol. The molecule has 0 spiro atoms. The second-order valence-corrected chi connectivity index (χ2v) is 17.1. The molecule has 3 aromatic carbocycles. The summed E-state index contributed by atoms with van der Waals surface area (Å²) in [6, 6.07) is 16.3. The van der Waals surface area contributed by atoms with Gasteiger partial charge in [-0.3, -0.25) is 9.00 Å². The van der Waals surface area contributed by atoms with Crippen molar-refractivity contribution in [2.75, 3.05) is 18.6 Å². The van der Waals surface area contributed by atoms with Crippen LogP contribution < -0.4 is 0 Å². The maximum absolute atomic E-state index is 15.8. The molecule has 1 N–H and O–H groups in total. The van der Waals surface area contributed by atoms with E-state index < -0.39 is 22.0 Å². The average Bonchev–Trinajstić information content (AvgIpc) is 3.70. The maximum Gasteiger partial charge on any atom is 0.308 e. The number of hydrogen-bond donors (Lipinski definition) is 1. The molecule has 1 aliphatic rings. The van der Waals surface area contributed by atoms with Gasteiger partial charge in [-0.2, -0.15) is 5.10 Å². The number of aromatic nitrogens is 4. The summed E-state index contributed by atoms with van der Waals surface area (Å²) in [7, 11) is 2.02. The van der Waals surface area contributed by atoms with Crippen LogP contribution >= 0.6 is 11.8 Å². The van der Waals surface area contributed by atoms with E-state index in [0.717, 1.165) is 34.9 Å². The van der Waals surface area contributed by atoms with Crippen molar-refractivity contribution in [1.82, 2.24) is 19.7 Å². The Labute approximate surface area is 299 Å². The van der Waals surface area contributed by atoms with Gasteiger partial charge in [0, 0.05) is 51.3 Å². The Balaban J connectivity index is 1.47. The van der Waals surface area contributed by atoms with E-state index in [1.54, 1.807) is 30.1 Å². The molecule has 5 aromatic rings. The smallest absolute Gasteiger partial charge is 0.308 e. The topological polar surface area (TPSA) is 89.9 Å². The van der Waals surface area contributed by atoms with Crippen LogP contribution in [0.2, 0.25) is 0 Å². The molecule has 6 rings (SSSR count). The molecule has 2 aromatic heterocycles. The van der Waals surface area contributed by atoms with Crippen molar-refractivity contribution >= 4 is 39.4 Å². The zero-order valence-corrected chi connectivity index (χ0v) is 31.1. The van der Waals surface area contributed by atoms with Gasteiger partial charge < -0.3 is 9.72 Å². The second-order valence-electron chi connectivity index (χ2n) is 14.4. The minimum Gasteiger partial charge on any atom is -0.469 e. The van der Waals surface area contributed by atoms with E-state index in [1.807, 2.05) is 25.1 Å². The predicted molar refractivity (Wildman–Crippen MR) is 196 cm³/mol. The van der Waals surface area contributed by atoms with Crippen molar-refractivity contribution < 1.29 is 22.5 Å². The number of nitrogens with one attached hydrogen (secondary N) is 1. The molecule has 2 unspecified atom stereocenters. The number of carbonyl (C=O) groups excluding carboxylic acids is 1. The van der Waals surface area contributed by atoms with Crippen molar-refractivity contribution in [3.05, 3.63) is 94.9 Å². The van der Waals surface area contributed by atoms with E-state index in [2.05, 4.69) is 37.9 Å². The monoisotopic (exact) mass is 718 g/mol. The van der Waals surface area contributed by atoms with Crippen molar-refractivity contribution in [3.8, 4) is 11.4 Å². The zero-order valence-electron chi connectivity index (χ0n) is 29.4. The molecular formula is C39H44F2N4O3S2. The molecule has 0 amide bonds. The highest BCUT2D eigenvalue weighted by molar-refractivity contribution is 7.99. The van der Waals surface area contributed by atoms with Gasteiger partial charge in [0.1, 0.15) is 11.6 Å². The zero-order chi connectivity index (χ0) is 35.8. The largest absolute Gasteiger partial charge is 0.469 e. The van der Waals surface area contributed by atoms with Crippen LogP contribution in [0.1, 0.15) is 69.5 Å². The highest BCUT2D eigenvalue weighted by Gasteiger charge is 2.36. The van der Waals surface area contributed by atoms with E-state index in [-0.39, 0.29) is 28.7 Å². The molecule has 11 heteroatoms. The molecule has 4 bridgehead atoms. The highest BCUT2D eigenvalue weighted by Crippen LogP contribution is 2.41. The summed E-state index contributed by atoms with van der Waals surface area (Å²) in [5.74, 6) is 0.446. The van der Waals surface area contributed by atoms with Crippen LogP contribution in [0.5, 0.6) is 0 Å². The van der Waals surface area contributed by atoms with E-state index in [9.17, 15) is 9.00 Å². The third-order valence-corrected chi connectivity index (χ3v) is 12.8. The SMILES string of the molecule is COC(=O)C(C)Cc1cccc([C@@]2(C)CCCC(C)(C)CS(=O)CCc3c(c(F)cc4[nH]ccc34)Sc3ccc(F)c(c3)-c3nc2nn3C)c1. The minimum absolute atomic E-state index is 0.221. The molecule has 0 radical (unpaired) electrons. The lowest BCUT2D eigenvalue weighted by Crippen LogP contribution is -2.28. The number of nitrogens with zero attached hydrogens (tertiary/aromatic N) is 3. The van der Waals surface area contributed by atoms with E-state index in [1.165, 1.54) is 31.0 Å². The maximum atomic E-state index is 15.8. The van der Waals surface area contributed by atoms with Crippen molar-refractivity contribution in [2.24, 2.45) is 18.4 Å². The lowest BCUT2D eigenvalue weighted by molar-refractivity contribution is -0.144. The molecule has 3 atom stereocenters. The lowest BCUT2D eigenvalue weighted by Gasteiger charge is -2.31. The predicted octanol–water partition coefficient (Wildman–Crippen LogP) is 8.55. The fraction of sp³-hybridized carbons (Fsp3) is 0.410. The van der Waals surface area contributed by atoms with Crippen LogP contribution in [0.3, 0.4) is 0 Å². The molecule has 0 saturated carbocycles. The van der Waals surface area contributed by atoms with E-state index in [4.69, 9.17) is 14.8 Å². The molecule has 264 valence electrons. The number of ether oxygens (including phenoxy) is 1. The number of methoxy groups -OCH3 is 1. The first-order valence-electron chi connectivity index (χ1n) is 17.0. The van der Waals surface area contributed by atoms with Crippen LogP contribution in [-0.2, 0) is 45.6 Å². The van der Waals surface area contributed by atoms with Crippen molar-refractivity contribution in [2.45, 2.75) is 75.0 Å². The van der Waals surface area contributed by atoms with Gasteiger partial charge in [0.2, 0.25) is 0 Å². The van der Waals surface area contributed by atoms with E-state index in [0.29, 0.717) is 57.7 Å². The van der Waals surface area contributed by atoms with Crippen LogP contribution in [0.4, 0.5) is 8.78 Å². The highest BCUT2D eigenvalue weighted by atomic mass is 32.2. The molecule has 0 aliphatic carbocycles. The molecule has 0 fully saturated rings. The Bertz CT molecular complexity index is 2070. The normalized spacial score (nSPS) is 20.4. The number of H-pyrrole nitrogens is 1. The molecule has 0 saturated heterocycles. The van der Waals surface area contributed by atoms with Gasteiger partial charge in [-0.25, -0.2) is 18.4 Å². The summed E-state index contributed by atoms with van der Waals surface area (Å²) < 4.78 is 51.6. The Morgan fingerprint density at radius 3 is 2.68 bits per heavy atom. The van der Waals surface area contributed by atoms with Gasteiger partial charge in [-0.05, 0) is 85.0 Å². The van der Waals surface area contributed by atoms with Gasteiger partial charge in [-0.1, -0.05) is 63.2 Å². The molecule has 7 nitrogen and oxygen atoms in total. The number of halogens is 2. The summed E-state index contributed by atoms with van der Waals surface area (Å²) in [6.07, 6.45) is 5.06. The fourth-order valence-corrected chi connectivity index (χ4v) is 9.71. The number of rotatable bonds is 4. The minimum atomic E-state index is -1.14. The Morgan fingerprint density at radius 1 is 1.10 bits per heavy atom. The first-order valence-corrected chi connectivity index (χ1v) is 19.3. The molecule has 1 aliphatic heterocycles.